The Kier molecular flexibility index (Phi) is 6.37. The number of aryl methyl sites for hydroxylation is 1. The molecule has 2 N–H and O–H groups in total. The Bertz CT molecular complexity index is 856. The molecular formula is C20H24Cl2N4O. The number of anilines is 1. The van der Waals surface area contributed by atoms with Crippen LogP contribution >= 0.6 is 23.2 Å². The quantitative estimate of drug-likeness (QED) is 0.803. The van der Waals surface area contributed by atoms with Crippen molar-refractivity contribution >= 4 is 34.8 Å². The highest BCUT2D eigenvalue weighted by atomic mass is 35.5. The molecule has 0 radical (unpaired) electrons. The van der Waals surface area contributed by atoms with Gasteiger partial charge in [0.25, 0.3) is 5.91 Å². The van der Waals surface area contributed by atoms with Gasteiger partial charge < -0.3 is 10.6 Å². The van der Waals surface area contributed by atoms with E-state index < -0.39 is 0 Å². The molecule has 1 aromatic heterocycles. The van der Waals surface area contributed by atoms with Crippen LogP contribution in [-0.4, -0.2) is 41.5 Å². The first-order chi connectivity index (χ1) is 12.8. The summed E-state index contributed by atoms with van der Waals surface area (Å²) in [6.07, 6.45) is 1.53. The Morgan fingerprint density at radius 2 is 2.11 bits per heavy atom. The molecular weight excluding hydrogens is 383 g/mol. The SMILES string of the molecule is Cc1ncc(C(=O)Nc2cc(Cl)cc(CN3CCN[C@@H](C)C3)c2C)cc1Cl. The van der Waals surface area contributed by atoms with Crippen molar-refractivity contribution in [3.63, 3.8) is 0 Å². The number of aromatic nitrogens is 1. The Hall–Kier alpha value is -1.66. The maximum Gasteiger partial charge on any atom is 0.257 e. The van der Waals surface area contributed by atoms with Crippen molar-refractivity contribution in [2.45, 2.75) is 33.4 Å². The first kappa shape index (κ1) is 20.1. The normalized spacial score (nSPS) is 17.7. The number of pyridine rings is 1. The van der Waals surface area contributed by atoms with Crippen LogP contribution in [0.25, 0.3) is 0 Å². The molecule has 3 rings (SSSR count). The van der Waals surface area contributed by atoms with E-state index in [0.717, 1.165) is 37.3 Å². The van der Waals surface area contributed by atoms with E-state index >= 15 is 0 Å². The maximum atomic E-state index is 12.6. The van der Waals surface area contributed by atoms with Crippen molar-refractivity contribution < 1.29 is 4.79 Å². The molecule has 1 amide bonds. The highest BCUT2D eigenvalue weighted by Crippen LogP contribution is 2.27. The number of benzene rings is 1. The third-order valence-electron chi connectivity index (χ3n) is 4.86. The zero-order chi connectivity index (χ0) is 19.6. The summed E-state index contributed by atoms with van der Waals surface area (Å²) in [4.78, 5) is 19.2. The number of hydrogen-bond donors (Lipinski definition) is 2. The molecule has 0 saturated carbocycles. The molecule has 27 heavy (non-hydrogen) atoms. The summed E-state index contributed by atoms with van der Waals surface area (Å²) in [6.45, 7) is 9.75. The van der Waals surface area contributed by atoms with Crippen molar-refractivity contribution in [1.29, 1.82) is 0 Å². The Labute approximate surface area is 170 Å². The second kappa shape index (κ2) is 8.57. The fourth-order valence-electron chi connectivity index (χ4n) is 3.25. The lowest BCUT2D eigenvalue weighted by Gasteiger charge is -2.32. The standard InChI is InChI=1S/C20H24Cl2N4O/c1-12-10-26(5-4-23-12)11-16-6-17(21)8-19(13(16)2)25-20(27)15-7-18(22)14(3)24-9-15/h6-9,12,23H,4-5,10-11H2,1-3H3,(H,25,27)/t12-/m0/s1. The minimum absolute atomic E-state index is 0.253. The lowest BCUT2D eigenvalue weighted by Crippen LogP contribution is -2.48. The van der Waals surface area contributed by atoms with E-state index in [1.54, 1.807) is 19.1 Å². The van der Waals surface area contributed by atoms with Gasteiger partial charge in [0.15, 0.2) is 0 Å². The van der Waals surface area contributed by atoms with Gasteiger partial charge in [-0.05, 0) is 50.1 Å². The number of carbonyl (C=O) groups is 1. The summed E-state index contributed by atoms with van der Waals surface area (Å²) in [5.74, 6) is -0.253. The van der Waals surface area contributed by atoms with Crippen LogP contribution in [0.2, 0.25) is 10.0 Å². The van der Waals surface area contributed by atoms with Crippen molar-refractivity contribution in [1.82, 2.24) is 15.2 Å². The van der Waals surface area contributed by atoms with E-state index in [4.69, 9.17) is 23.2 Å². The lowest BCUT2D eigenvalue weighted by molar-refractivity contribution is 0.102. The number of carbonyl (C=O) groups excluding carboxylic acids is 1. The lowest BCUT2D eigenvalue weighted by atomic mass is 10.0. The largest absolute Gasteiger partial charge is 0.322 e. The molecule has 0 aliphatic carbocycles. The first-order valence-electron chi connectivity index (χ1n) is 9.01. The Morgan fingerprint density at radius 1 is 1.33 bits per heavy atom. The number of halogens is 2. The van der Waals surface area contributed by atoms with Crippen LogP contribution in [-0.2, 0) is 6.54 Å². The first-order valence-corrected chi connectivity index (χ1v) is 9.77. The minimum atomic E-state index is -0.253. The zero-order valence-electron chi connectivity index (χ0n) is 15.8. The van der Waals surface area contributed by atoms with Crippen LogP contribution in [0.4, 0.5) is 5.69 Å². The Balaban J connectivity index is 1.80. The summed E-state index contributed by atoms with van der Waals surface area (Å²) < 4.78 is 0. The van der Waals surface area contributed by atoms with Crippen LogP contribution in [0.5, 0.6) is 0 Å². The van der Waals surface area contributed by atoms with Gasteiger partial charge in [-0.1, -0.05) is 23.2 Å². The van der Waals surface area contributed by atoms with E-state index in [0.29, 0.717) is 33.0 Å². The molecule has 7 heteroatoms. The summed E-state index contributed by atoms with van der Waals surface area (Å²) in [5.41, 5.74) is 3.96. The van der Waals surface area contributed by atoms with Crippen molar-refractivity contribution in [3.05, 3.63) is 56.8 Å². The summed E-state index contributed by atoms with van der Waals surface area (Å²) >= 11 is 12.4. The van der Waals surface area contributed by atoms with Gasteiger partial charge in [-0.25, -0.2) is 0 Å². The summed E-state index contributed by atoms with van der Waals surface area (Å²) in [6, 6.07) is 5.85. The van der Waals surface area contributed by atoms with Crippen molar-refractivity contribution in [3.8, 4) is 0 Å². The molecule has 1 fully saturated rings. The highest BCUT2D eigenvalue weighted by molar-refractivity contribution is 6.32. The monoisotopic (exact) mass is 406 g/mol. The van der Waals surface area contributed by atoms with Crippen LogP contribution in [0.3, 0.4) is 0 Å². The second-order valence-corrected chi connectivity index (χ2v) is 7.92. The van der Waals surface area contributed by atoms with E-state index in [1.165, 1.54) is 6.20 Å². The van der Waals surface area contributed by atoms with Gasteiger partial charge in [0.1, 0.15) is 0 Å². The molecule has 1 aromatic carbocycles. The third-order valence-corrected chi connectivity index (χ3v) is 5.46. The number of nitrogens with one attached hydrogen (secondary N) is 2. The second-order valence-electron chi connectivity index (χ2n) is 7.07. The van der Waals surface area contributed by atoms with E-state index in [-0.39, 0.29) is 5.91 Å². The molecule has 1 saturated heterocycles. The number of hydrogen-bond acceptors (Lipinski definition) is 4. The number of piperazine rings is 1. The van der Waals surface area contributed by atoms with Crippen LogP contribution in [0.1, 0.15) is 34.1 Å². The third kappa shape index (κ3) is 4.99. The molecule has 2 heterocycles. The molecule has 0 spiro atoms. The smallest absolute Gasteiger partial charge is 0.257 e. The topological polar surface area (TPSA) is 57.3 Å². The van der Waals surface area contributed by atoms with Gasteiger partial charge in [-0.15, -0.1) is 0 Å². The zero-order valence-corrected chi connectivity index (χ0v) is 17.3. The van der Waals surface area contributed by atoms with Gasteiger partial charge >= 0.3 is 0 Å². The molecule has 2 aromatic rings. The molecule has 1 aliphatic heterocycles. The van der Waals surface area contributed by atoms with E-state index in [2.05, 4.69) is 27.4 Å². The number of nitrogens with zero attached hydrogens (tertiary/aromatic N) is 2. The fourth-order valence-corrected chi connectivity index (χ4v) is 3.66. The van der Waals surface area contributed by atoms with Crippen LogP contribution < -0.4 is 10.6 Å². The predicted molar refractivity (Wildman–Crippen MR) is 111 cm³/mol. The van der Waals surface area contributed by atoms with Gasteiger partial charge in [0.05, 0.1) is 16.3 Å². The molecule has 5 nitrogen and oxygen atoms in total. The predicted octanol–water partition coefficient (Wildman–Crippen LogP) is 4.05. The van der Waals surface area contributed by atoms with Gasteiger partial charge in [0.2, 0.25) is 0 Å². The van der Waals surface area contributed by atoms with Crippen LogP contribution in [0, 0.1) is 13.8 Å². The van der Waals surface area contributed by atoms with Crippen LogP contribution in [0.15, 0.2) is 24.4 Å². The summed E-state index contributed by atoms with van der Waals surface area (Å²) in [7, 11) is 0. The van der Waals surface area contributed by atoms with Crippen molar-refractivity contribution in [2.75, 3.05) is 25.0 Å². The van der Waals surface area contributed by atoms with E-state index in [1.807, 2.05) is 13.0 Å². The molecule has 0 unspecified atom stereocenters. The number of rotatable bonds is 4. The highest BCUT2D eigenvalue weighted by Gasteiger charge is 2.18. The fraction of sp³-hybridized carbons (Fsp3) is 0.400. The molecule has 144 valence electrons. The van der Waals surface area contributed by atoms with Gasteiger partial charge in [-0.2, -0.15) is 0 Å². The average molecular weight is 407 g/mol. The maximum absolute atomic E-state index is 12.6. The average Bonchev–Trinajstić information content (AvgIpc) is 2.61. The van der Waals surface area contributed by atoms with E-state index in [9.17, 15) is 4.79 Å². The molecule has 1 atom stereocenters. The number of amides is 1. The minimum Gasteiger partial charge on any atom is -0.322 e. The molecule has 1 aliphatic rings. The van der Waals surface area contributed by atoms with Crippen molar-refractivity contribution in [2.24, 2.45) is 0 Å². The van der Waals surface area contributed by atoms with Gasteiger partial charge in [0, 0.05) is 49.1 Å². The van der Waals surface area contributed by atoms with Gasteiger partial charge in [-0.3, -0.25) is 14.7 Å². The Morgan fingerprint density at radius 3 is 2.81 bits per heavy atom. The molecule has 0 bridgehead atoms. The summed E-state index contributed by atoms with van der Waals surface area (Å²) in [5, 5.41) is 7.47.